The minimum Gasteiger partial charge on any atom is -0.378 e. The summed E-state index contributed by atoms with van der Waals surface area (Å²) in [7, 11) is 0. The van der Waals surface area contributed by atoms with E-state index in [2.05, 4.69) is 41.1 Å². The molecule has 2 aromatic heterocycles. The van der Waals surface area contributed by atoms with Crippen LogP contribution in [0.15, 0.2) is 40.1 Å². The number of fused-ring (bicyclic) bond motifs is 1. The SMILES string of the molecule is O=C1Nc2ncc(Br)cc2C1C=Nc1ccc(N2CCOCC2)nc1. The molecule has 128 valence electrons. The van der Waals surface area contributed by atoms with Crippen LogP contribution in [0.1, 0.15) is 11.5 Å². The predicted octanol–water partition coefficient (Wildman–Crippen LogP) is 2.51. The number of amides is 1. The highest BCUT2D eigenvalue weighted by Gasteiger charge is 2.30. The second kappa shape index (κ2) is 6.89. The number of hydrogen-bond donors (Lipinski definition) is 1. The first kappa shape index (κ1) is 16.2. The van der Waals surface area contributed by atoms with Crippen LogP contribution in [-0.2, 0) is 9.53 Å². The fourth-order valence-electron chi connectivity index (χ4n) is 2.87. The molecule has 7 nitrogen and oxygen atoms in total. The second-order valence-corrected chi connectivity index (χ2v) is 6.73. The first-order valence-corrected chi connectivity index (χ1v) is 8.79. The number of carbonyl (C=O) groups is 1. The van der Waals surface area contributed by atoms with Gasteiger partial charge in [0, 0.05) is 35.5 Å². The molecule has 25 heavy (non-hydrogen) atoms. The molecule has 0 spiro atoms. The average molecular weight is 402 g/mol. The van der Waals surface area contributed by atoms with Crippen molar-refractivity contribution in [2.45, 2.75) is 5.92 Å². The quantitative estimate of drug-likeness (QED) is 0.799. The lowest BCUT2D eigenvalue weighted by atomic mass is 10.0. The van der Waals surface area contributed by atoms with Crippen LogP contribution >= 0.6 is 15.9 Å². The number of nitrogens with zero attached hydrogens (tertiary/aromatic N) is 4. The van der Waals surface area contributed by atoms with Gasteiger partial charge in [-0.15, -0.1) is 0 Å². The zero-order valence-corrected chi connectivity index (χ0v) is 14.9. The Bertz CT molecular complexity index is 818. The van der Waals surface area contributed by atoms with E-state index in [0.717, 1.165) is 42.2 Å². The summed E-state index contributed by atoms with van der Waals surface area (Å²) in [6, 6.07) is 5.73. The number of morpholine rings is 1. The minimum atomic E-state index is -0.445. The van der Waals surface area contributed by atoms with Gasteiger partial charge < -0.3 is 15.0 Å². The molecule has 2 aliphatic rings. The summed E-state index contributed by atoms with van der Waals surface area (Å²) >= 11 is 3.38. The van der Waals surface area contributed by atoms with E-state index in [1.54, 1.807) is 18.6 Å². The molecule has 0 radical (unpaired) electrons. The molecule has 1 saturated heterocycles. The van der Waals surface area contributed by atoms with Gasteiger partial charge >= 0.3 is 0 Å². The number of nitrogens with one attached hydrogen (secondary N) is 1. The Kier molecular flexibility index (Phi) is 4.46. The van der Waals surface area contributed by atoms with Gasteiger partial charge in [0.25, 0.3) is 0 Å². The molecule has 1 N–H and O–H groups in total. The van der Waals surface area contributed by atoms with Crippen molar-refractivity contribution in [2.24, 2.45) is 4.99 Å². The topological polar surface area (TPSA) is 79.7 Å². The molecule has 0 saturated carbocycles. The largest absolute Gasteiger partial charge is 0.378 e. The highest BCUT2D eigenvalue weighted by Crippen LogP contribution is 2.32. The zero-order chi connectivity index (χ0) is 17.2. The van der Waals surface area contributed by atoms with E-state index < -0.39 is 5.92 Å². The molecular weight excluding hydrogens is 386 g/mol. The molecule has 0 aromatic carbocycles. The van der Waals surface area contributed by atoms with Gasteiger partial charge in [-0.3, -0.25) is 9.79 Å². The van der Waals surface area contributed by atoms with Crippen LogP contribution in [0.4, 0.5) is 17.3 Å². The van der Waals surface area contributed by atoms with Crippen LogP contribution < -0.4 is 10.2 Å². The van der Waals surface area contributed by atoms with Crippen LogP contribution in [0.5, 0.6) is 0 Å². The number of halogens is 1. The Morgan fingerprint density at radius 3 is 2.88 bits per heavy atom. The van der Waals surface area contributed by atoms with Crippen molar-refractivity contribution in [3.63, 3.8) is 0 Å². The van der Waals surface area contributed by atoms with Crippen LogP contribution in [0.3, 0.4) is 0 Å². The first-order valence-electron chi connectivity index (χ1n) is 8.00. The van der Waals surface area contributed by atoms with Gasteiger partial charge in [-0.2, -0.15) is 0 Å². The normalized spacial score (nSPS) is 20.0. The molecule has 4 rings (SSSR count). The number of pyridine rings is 2. The molecule has 8 heteroatoms. The molecule has 1 atom stereocenters. The Hall–Kier alpha value is -2.32. The van der Waals surface area contributed by atoms with Gasteiger partial charge in [0.05, 0.1) is 25.1 Å². The van der Waals surface area contributed by atoms with E-state index in [-0.39, 0.29) is 5.91 Å². The summed E-state index contributed by atoms with van der Waals surface area (Å²) in [5, 5.41) is 2.77. The van der Waals surface area contributed by atoms with Crippen molar-refractivity contribution < 1.29 is 9.53 Å². The summed E-state index contributed by atoms with van der Waals surface area (Å²) in [5.74, 6) is 0.936. The maximum absolute atomic E-state index is 12.1. The van der Waals surface area contributed by atoms with Gasteiger partial charge in [-0.1, -0.05) is 0 Å². The van der Waals surface area contributed by atoms with Crippen LogP contribution in [0.2, 0.25) is 0 Å². The van der Waals surface area contributed by atoms with E-state index in [1.165, 1.54) is 0 Å². The van der Waals surface area contributed by atoms with Gasteiger partial charge in [0.1, 0.15) is 17.6 Å². The second-order valence-electron chi connectivity index (χ2n) is 5.81. The number of rotatable bonds is 3. The molecule has 0 bridgehead atoms. The average Bonchev–Trinajstić information content (AvgIpc) is 2.96. The van der Waals surface area contributed by atoms with Crippen molar-refractivity contribution in [2.75, 3.05) is 36.5 Å². The van der Waals surface area contributed by atoms with Gasteiger partial charge in [0.15, 0.2) is 0 Å². The molecule has 4 heterocycles. The van der Waals surface area contributed by atoms with Gasteiger partial charge in [0.2, 0.25) is 5.91 Å². The van der Waals surface area contributed by atoms with Crippen molar-refractivity contribution in [1.82, 2.24) is 9.97 Å². The number of ether oxygens (including phenoxy) is 1. The Balaban J connectivity index is 1.50. The van der Waals surface area contributed by atoms with Gasteiger partial charge in [-0.25, -0.2) is 9.97 Å². The van der Waals surface area contributed by atoms with Crippen molar-refractivity contribution in [1.29, 1.82) is 0 Å². The van der Waals surface area contributed by atoms with Crippen molar-refractivity contribution >= 4 is 45.4 Å². The smallest absolute Gasteiger partial charge is 0.238 e. The van der Waals surface area contributed by atoms with E-state index in [9.17, 15) is 4.79 Å². The fraction of sp³-hybridized carbons (Fsp3) is 0.294. The summed E-state index contributed by atoms with van der Waals surface area (Å²) < 4.78 is 6.18. The predicted molar refractivity (Wildman–Crippen MR) is 98.7 cm³/mol. The number of aliphatic imine (C=N–C) groups is 1. The maximum Gasteiger partial charge on any atom is 0.238 e. The lowest BCUT2D eigenvalue weighted by Crippen LogP contribution is -2.36. The molecular formula is C17H16BrN5O2. The lowest BCUT2D eigenvalue weighted by Gasteiger charge is -2.27. The highest BCUT2D eigenvalue weighted by atomic mass is 79.9. The van der Waals surface area contributed by atoms with Crippen LogP contribution in [0.25, 0.3) is 0 Å². The van der Waals surface area contributed by atoms with Gasteiger partial charge in [-0.05, 0) is 34.1 Å². The Morgan fingerprint density at radius 2 is 2.12 bits per heavy atom. The van der Waals surface area contributed by atoms with Crippen LogP contribution in [0, 0.1) is 0 Å². The summed E-state index contributed by atoms with van der Waals surface area (Å²) in [6.45, 7) is 3.13. The third-order valence-electron chi connectivity index (χ3n) is 4.18. The summed E-state index contributed by atoms with van der Waals surface area (Å²) in [6.07, 6.45) is 5.02. The maximum atomic E-state index is 12.1. The number of hydrogen-bond acceptors (Lipinski definition) is 6. The molecule has 2 aliphatic heterocycles. The minimum absolute atomic E-state index is 0.123. The number of carbonyl (C=O) groups excluding carboxylic acids is 1. The van der Waals surface area contributed by atoms with Crippen molar-refractivity contribution in [3.05, 3.63) is 40.6 Å². The molecule has 1 amide bonds. The van der Waals surface area contributed by atoms with E-state index >= 15 is 0 Å². The zero-order valence-electron chi connectivity index (χ0n) is 13.4. The monoisotopic (exact) mass is 401 g/mol. The van der Waals surface area contributed by atoms with Crippen molar-refractivity contribution in [3.8, 4) is 0 Å². The summed E-state index contributed by atoms with van der Waals surface area (Å²) in [4.78, 5) is 27.4. The standard InChI is InChI=1S/C17H16BrN5O2/c18-11-7-13-14(17(24)22-16(13)21-8-11)10-19-12-1-2-15(20-9-12)23-3-5-25-6-4-23/h1-2,7-10,14H,3-6H2,(H,21,22,24). The Morgan fingerprint density at radius 1 is 1.28 bits per heavy atom. The van der Waals surface area contributed by atoms with Crippen LogP contribution in [-0.4, -0.2) is 48.4 Å². The van der Waals surface area contributed by atoms with E-state index in [4.69, 9.17) is 4.74 Å². The molecule has 2 aromatic rings. The Labute approximate surface area is 153 Å². The third kappa shape index (κ3) is 3.40. The third-order valence-corrected chi connectivity index (χ3v) is 4.62. The lowest BCUT2D eigenvalue weighted by molar-refractivity contribution is -0.115. The number of aromatic nitrogens is 2. The summed E-state index contributed by atoms with van der Waals surface area (Å²) in [5.41, 5.74) is 1.53. The molecule has 1 fully saturated rings. The fourth-order valence-corrected chi connectivity index (χ4v) is 3.22. The van der Waals surface area contributed by atoms with E-state index in [0.29, 0.717) is 11.5 Å². The first-order chi connectivity index (χ1) is 12.2. The molecule has 1 unspecified atom stereocenters. The van der Waals surface area contributed by atoms with E-state index in [1.807, 2.05) is 18.2 Å². The molecule has 0 aliphatic carbocycles. The number of anilines is 2. The highest BCUT2D eigenvalue weighted by molar-refractivity contribution is 9.10.